The Morgan fingerprint density at radius 3 is 2.12 bits per heavy atom. The minimum absolute atomic E-state index is 0. The molecule has 0 unspecified atom stereocenters. The molecular weight excluding hydrogens is 238 g/mol. The zero-order valence-corrected chi connectivity index (χ0v) is 13.6. The van der Waals surface area contributed by atoms with Gasteiger partial charge in [0.1, 0.15) is 0 Å². The van der Waals surface area contributed by atoms with Crippen molar-refractivity contribution in [2.75, 3.05) is 6.61 Å². The van der Waals surface area contributed by atoms with Gasteiger partial charge in [-0.1, -0.05) is 40.5 Å². The van der Waals surface area contributed by atoms with Crippen molar-refractivity contribution in [2.24, 2.45) is 5.73 Å². The number of unbranched alkanes of at least 4 members (excludes halogenated alkanes) is 1. The second kappa shape index (κ2) is 7.70. The van der Waals surface area contributed by atoms with Crippen LogP contribution < -0.4 is 5.73 Å². The van der Waals surface area contributed by atoms with Gasteiger partial charge in [0.05, 0.1) is 0 Å². The maximum atomic E-state index is 6.07. The van der Waals surface area contributed by atoms with E-state index in [4.69, 9.17) is 10.2 Å². The summed E-state index contributed by atoms with van der Waals surface area (Å²) in [5.41, 5.74) is 6.01. The van der Waals surface area contributed by atoms with Gasteiger partial charge in [-0.3, -0.25) is 0 Å². The quantitative estimate of drug-likeness (QED) is 0.740. The molecule has 0 aliphatic heterocycles. The van der Waals surface area contributed by atoms with Crippen molar-refractivity contribution in [1.82, 2.24) is 0 Å². The van der Waals surface area contributed by atoms with Gasteiger partial charge in [-0.05, 0) is 24.6 Å². The van der Waals surface area contributed by atoms with Gasteiger partial charge >= 0.3 is 0 Å². The van der Waals surface area contributed by atoms with Crippen LogP contribution in [0.25, 0.3) is 0 Å². The van der Waals surface area contributed by atoms with Crippen molar-refractivity contribution in [1.29, 1.82) is 0 Å². The Morgan fingerprint density at radius 1 is 1.25 bits per heavy atom. The van der Waals surface area contributed by atoms with E-state index in [0.717, 1.165) is 13.0 Å². The summed E-state index contributed by atoms with van der Waals surface area (Å²) >= 11 is 0. The summed E-state index contributed by atoms with van der Waals surface area (Å²) < 4.78 is 6.07. The van der Waals surface area contributed by atoms with Crippen LogP contribution in [-0.4, -0.2) is 21.0 Å². The molecule has 0 aromatic rings. The lowest BCUT2D eigenvalue weighted by Gasteiger charge is -2.36. The van der Waals surface area contributed by atoms with Crippen LogP contribution in [0.5, 0.6) is 0 Å². The SMILES string of the molecule is CCCC[C@@H](N)CO[Si](C)(C)C(C)(C)C.Cl. The van der Waals surface area contributed by atoms with Crippen LogP contribution in [0.3, 0.4) is 0 Å². The topological polar surface area (TPSA) is 35.2 Å². The summed E-state index contributed by atoms with van der Waals surface area (Å²) in [5.74, 6) is 0. The Labute approximate surface area is 109 Å². The van der Waals surface area contributed by atoms with Crippen LogP contribution in [-0.2, 0) is 4.43 Å². The van der Waals surface area contributed by atoms with Crippen LogP contribution in [0.1, 0.15) is 47.0 Å². The van der Waals surface area contributed by atoms with Crippen LogP contribution in [0.15, 0.2) is 0 Å². The monoisotopic (exact) mass is 267 g/mol. The van der Waals surface area contributed by atoms with Crippen LogP contribution in [0.2, 0.25) is 18.1 Å². The maximum absolute atomic E-state index is 6.07. The average molecular weight is 268 g/mol. The lowest BCUT2D eigenvalue weighted by atomic mass is 10.1. The average Bonchev–Trinajstić information content (AvgIpc) is 2.09. The molecule has 4 heteroatoms. The zero-order valence-electron chi connectivity index (χ0n) is 11.8. The molecule has 2 N–H and O–H groups in total. The predicted molar refractivity (Wildman–Crippen MR) is 77.9 cm³/mol. The fourth-order valence-electron chi connectivity index (χ4n) is 1.08. The molecule has 0 aliphatic rings. The fourth-order valence-corrected chi connectivity index (χ4v) is 2.15. The highest BCUT2D eigenvalue weighted by Gasteiger charge is 2.37. The molecule has 2 nitrogen and oxygen atoms in total. The van der Waals surface area contributed by atoms with E-state index in [9.17, 15) is 0 Å². The van der Waals surface area contributed by atoms with Crippen molar-refractivity contribution >= 4 is 20.7 Å². The molecule has 0 rings (SSSR count). The summed E-state index contributed by atoms with van der Waals surface area (Å²) in [7, 11) is -1.59. The standard InChI is InChI=1S/C12H29NOSi.ClH/c1-7-8-9-11(13)10-14-15(5,6)12(2,3)4;/h11H,7-10,13H2,1-6H3;1H/t11-;/m1./s1. The molecule has 1 atom stereocenters. The molecule has 0 saturated carbocycles. The van der Waals surface area contributed by atoms with E-state index in [2.05, 4.69) is 40.8 Å². The van der Waals surface area contributed by atoms with Gasteiger partial charge in [0.2, 0.25) is 0 Å². The van der Waals surface area contributed by atoms with Crippen molar-refractivity contribution in [3.05, 3.63) is 0 Å². The molecule has 0 aromatic heterocycles. The second-order valence-corrected chi connectivity index (χ2v) is 10.8. The van der Waals surface area contributed by atoms with Crippen LogP contribution >= 0.6 is 12.4 Å². The Morgan fingerprint density at radius 2 is 1.75 bits per heavy atom. The molecular formula is C12H30ClNOSi. The van der Waals surface area contributed by atoms with Crippen molar-refractivity contribution in [3.63, 3.8) is 0 Å². The van der Waals surface area contributed by atoms with E-state index in [0.29, 0.717) is 0 Å². The largest absolute Gasteiger partial charge is 0.415 e. The molecule has 0 aliphatic carbocycles. The highest BCUT2D eigenvalue weighted by Crippen LogP contribution is 2.36. The number of hydrogen-bond acceptors (Lipinski definition) is 2. The van der Waals surface area contributed by atoms with E-state index in [1.54, 1.807) is 0 Å². The minimum atomic E-state index is -1.59. The second-order valence-electron chi connectivity index (χ2n) is 5.97. The molecule has 0 amide bonds. The number of rotatable bonds is 6. The van der Waals surface area contributed by atoms with Gasteiger partial charge < -0.3 is 10.2 Å². The van der Waals surface area contributed by atoms with Gasteiger partial charge in [-0.25, -0.2) is 0 Å². The first-order valence-electron chi connectivity index (χ1n) is 6.10. The van der Waals surface area contributed by atoms with E-state index in [1.807, 2.05) is 0 Å². The van der Waals surface area contributed by atoms with E-state index in [-0.39, 0.29) is 23.5 Å². The van der Waals surface area contributed by atoms with E-state index in [1.165, 1.54) is 12.8 Å². The van der Waals surface area contributed by atoms with E-state index >= 15 is 0 Å². The third-order valence-electron chi connectivity index (χ3n) is 3.39. The van der Waals surface area contributed by atoms with Crippen molar-refractivity contribution in [2.45, 2.75) is 71.1 Å². The summed E-state index contributed by atoms with van der Waals surface area (Å²) in [5, 5.41) is 0.289. The molecule has 16 heavy (non-hydrogen) atoms. The van der Waals surface area contributed by atoms with E-state index < -0.39 is 8.32 Å². The van der Waals surface area contributed by atoms with Crippen molar-refractivity contribution < 1.29 is 4.43 Å². The summed E-state index contributed by atoms with van der Waals surface area (Å²) in [6.07, 6.45) is 3.51. The molecule has 0 aromatic carbocycles. The van der Waals surface area contributed by atoms with Crippen LogP contribution in [0.4, 0.5) is 0 Å². The molecule has 100 valence electrons. The molecule has 0 heterocycles. The third-order valence-corrected chi connectivity index (χ3v) is 7.89. The smallest absolute Gasteiger partial charge is 0.192 e. The molecule has 0 bridgehead atoms. The van der Waals surface area contributed by atoms with Gasteiger partial charge in [-0.15, -0.1) is 12.4 Å². The summed E-state index contributed by atoms with van der Waals surface area (Å²) in [6, 6.07) is 0.221. The number of halogens is 1. The Kier molecular flexibility index (Phi) is 9.03. The van der Waals surface area contributed by atoms with Gasteiger partial charge in [0.25, 0.3) is 0 Å². The number of nitrogens with two attached hydrogens (primary N) is 1. The highest BCUT2D eigenvalue weighted by atomic mass is 35.5. The molecule has 0 radical (unpaired) electrons. The number of hydrogen-bond donors (Lipinski definition) is 1. The Hall–Kier alpha value is 0.427. The van der Waals surface area contributed by atoms with Crippen LogP contribution in [0, 0.1) is 0 Å². The van der Waals surface area contributed by atoms with Crippen molar-refractivity contribution in [3.8, 4) is 0 Å². The normalized spacial score (nSPS) is 14.4. The van der Waals surface area contributed by atoms with Gasteiger partial charge in [0.15, 0.2) is 8.32 Å². The molecule has 0 fully saturated rings. The maximum Gasteiger partial charge on any atom is 0.192 e. The predicted octanol–water partition coefficient (Wildman–Crippen LogP) is 3.95. The first kappa shape index (κ1) is 18.8. The lowest BCUT2D eigenvalue weighted by Crippen LogP contribution is -2.44. The minimum Gasteiger partial charge on any atom is -0.415 e. The highest BCUT2D eigenvalue weighted by molar-refractivity contribution is 6.74. The lowest BCUT2D eigenvalue weighted by molar-refractivity contribution is 0.256. The van der Waals surface area contributed by atoms with Gasteiger partial charge in [0, 0.05) is 12.6 Å². The summed E-state index contributed by atoms with van der Waals surface area (Å²) in [6.45, 7) is 14.3. The fraction of sp³-hybridized carbons (Fsp3) is 1.00. The third kappa shape index (κ3) is 6.89. The van der Waals surface area contributed by atoms with Gasteiger partial charge in [-0.2, -0.15) is 0 Å². The molecule has 0 spiro atoms. The Balaban J connectivity index is 0. The first-order chi connectivity index (χ1) is 6.70. The zero-order chi connectivity index (χ0) is 12.1. The molecule has 0 saturated heterocycles. The Bertz CT molecular complexity index is 180. The first-order valence-corrected chi connectivity index (χ1v) is 9.01. The summed E-state index contributed by atoms with van der Waals surface area (Å²) in [4.78, 5) is 0.